The van der Waals surface area contributed by atoms with E-state index in [1.54, 1.807) is 0 Å². The van der Waals surface area contributed by atoms with Gasteiger partial charge in [0, 0.05) is 13.0 Å². The van der Waals surface area contributed by atoms with Gasteiger partial charge in [0.15, 0.2) is 5.17 Å². The van der Waals surface area contributed by atoms with Crippen molar-refractivity contribution in [3.63, 3.8) is 0 Å². The maximum atomic E-state index is 11.8. The van der Waals surface area contributed by atoms with E-state index in [9.17, 15) is 9.59 Å². The smallest absolute Gasteiger partial charge is 0.333 e. The van der Waals surface area contributed by atoms with Crippen LogP contribution in [-0.4, -0.2) is 41.1 Å². The molecule has 6 nitrogen and oxygen atoms in total. The van der Waals surface area contributed by atoms with E-state index in [0.29, 0.717) is 13.2 Å². The van der Waals surface area contributed by atoms with Gasteiger partial charge in [-0.05, 0) is 6.42 Å². The third kappa shape index (κ3) is 2.37. The zero-order valence-corrected chi connectivity index (χ0v) is 11.0. The quantitative estimate of drug-likeness (QED) is 0.444. The number of carbonyl (C=O) groups excluding carboxylic acids is 2. The Balaban J connectivity index is 1.90. The molecule has 2 atom stereocenters. The van der Waals surface area contributed by atoms with Crippen molar-refractivity contribution < 1.29 is 19.1 Å². The van der Waals surface area contributed by atoms with Gasteiger partial charge in [0.25, 0.3) is 5.91 Å². The second-order valence-corrected chi connectivity index (χ2v) is 5.66. The standard InChI is InChI=1S/C11H16N2O4S/c1-2-3-4-16-6-7-5-11(9(15)17-7)8(14)13-10(12)18-11/h7H,2-6H2,1H3,(H2,12,13,14)/t7-,11-/m0/s1. The van der Waals surface area contributed by atoms with Crippen molar-refractivity contribution in [3.05, 3.63) is 0 Å². The summed E-state index contributed by atoms with van der Waals surface area (Å²) in [6, 6.07) is 0. The van der Waals surface area contributed by atoms with Crippen LogP contribution >= 0.6 is 11.8 Å². The molecule has 0 aromatic rings. The predicted octanol–water partition coefficient (Wildman–Crippen LogP) is 0.445. The molecule has 7 heteroatoms. The number of rotatable bonds is 5. The van der Waals surface area contributed by atoms with Gasteiger partial charge < -0.3 is 15.2 Å². The van der Waals surface area contributed by atoms with Crippen LogP contribution in [0.25, 0.3) is 0 Å². The zero-order chi connectivity index (χ0) is 13.2. The van der Waals surface area contributed by atoms with Crippen molar-refractivity contribution in [2.24, 2.45) is 10.7 Å². The lowest BCUT2D eigenvalue weighted by Crippen LogP contribution is -2.36. The molecule has 0 aromatic heterocycles. The lowest BCUT2D eigenvalue weighted by atomic mass is 10.0. The highest BCUT2D eigenvalue weighted by molar-refractivity contribution is 8.16. The molecule has 0 bridgehead atoms. The Bertz CT molecular complexity index is 399. The van der Waals surface area contributed by atoms with Gasteiger partial charge in [0.05, 0.1) is 6.61 Å². The molecule has 2 heterocycles. The Hall–Kier alpha value is -1.08. The van der Waals surface area contributed by atoms with Crippen molar-refractivity contribution >= 4 is 28.8 Å². The number of hydrogen-bond donors (Lipinski definition) is 1. The number of thioether (sulfide) groups is 1. The molecule has 2 aliphatic rings. The number of esters is 1. The van der Waals surface area contributed by atoms with E-state index in [1.807, 2.05) is 0 Å². The minimum Gasteiger partial charge on any atom is -0.458 e. The number of nitrogens with zero attached hydrogens (tertiary/aromatic N) is 1. The highest BCUT2D eigenvalue weighted by atomic mass is 32.2. The summed E-state index contributed by atoms with van der Waals surface area (Å²) in [5.41, 5.74) is 5.48. The summed E-state index contributed by atoms with van der Waals surface area (Å²) >= 11 is 0.987. The molecule has 2 N–H and O–H groups in total. The summed E-state index contributed by atoms with van der Waals surface area (Å²) in [6.45, 7) is 3.03. The largest absolute Gasteiger partial charge is 0.458 e. The second kappa shape index (κ2) is 5.27. The molecule has 1 spiro atoms. The molecule has 1 fully saturated rings. The Kier molecular flexibility index (Phi) is 3.91. The van der Waals surface area contributed by atoms with Crippen LogP contribution in [0, 0.1) is 0 Å². The van der Waals surface area contributed by atoms with Gasteiger partial charge in [0.2, 0.25) is 4.75 Å². The number of carbonyl (C=O) groups is 2. The third-order valence-corrected chi connectivity index (χ3v) is 4.06. The number of amides is 1. The Morgan fingerprint density at radius 1 is 1.61 bits per heavy atom. The number of ether oxygens (including phenoxy) is 2. The van der Waals surface area contributed by atoms with E-state index < -0.39 is 16.6 Å². The normalized spacial score (nSPS) is 30.9. The molecule has 0 unspecified atom stereocenters. The van der Waals surface area contributed by atoms with Crippen LogP contribution in [0.3, 0.4) is 0 Å². The Labute approximate surface area is 109 Å². The fraction of sp³-hybridized carbons (Fsp3) is 0.727. The summed E-state index contributed by atoms with van der Waals surface area (Å²) in [7, 11) is 0. The van der Waals surface area contributed by atoms with Crippen LogP contribution in [-0.2, 0) is 19.1 Å². The maximum Gasteiger partial charge on any atom is 0.333 e. The number of aliphatic imine (C=N–C) groups is 1. The Morgan fingerprint density at radius 2 is 2.39 bits per heavy atom. The van der Waals surface area contributed by atoms with E-state index in [1.165, 1.54) is 0 Å². The fourth-order valence-corrected chi connectivity index (χ4v) is 2.96. The summed E-state index contributed by atoms with van der Waals surface area (Å²) in [6.07, 6.45) is 1.92. The van der Waals surface area contributed by atoms with Gasteiger partial charge in [-0.2, -0.15) is 4.99 Å². The highest BCUT2D eigenvalue weighted by Gasteiger charge is 2.59. The number of hydrogen-bond acceptors (Lipinski definition) is 6. The first-order chi connectivity index (χ1) is 8.58. The second-order valence-electron chi connectivity index (χ2n) is 4.34. The summed E-state index contributed by atoms with van der Waals surface area (Å²) in [4.78, 5) is 27.1. The number of cyclic esters (lactones) is 1. The van der Waals surface area contributed by atoms with Crippen LogP contribution in [0.15, 0.2) is 4.99 Å². The Morgan fingerprint density at radius 3 is 3.00 bits per heavy atom. The van der Waals surface area contributed by atoms with Gasteiger partial charge in [-0.25, -0.2) is 4.79 Å². The van der Waals surface area contributed by atoms with Gasteiger partial charge in [0.1, 0.15) is 6.10 Å². The first kappa shape index (κ1) is 13.4. The molecule has 1 amide bonds. The molecule has 2 rings (SSSR count). The van der Waals surface area contributed by atoms with Crippen LogP contribution in [0.2, 0.25) is 0 Å². The van der Waals surface area contributed by atoms with E-state index in [-0.39, 0.29) is 17.7 Å². The first-order valence-electron chi connectivity index (χ1n) is 5.95. The molecule has 0 radical (unpaired) electrons. The van der Waals surface area contributed by atoms with Crippen molar-refractivity contribution in [2.75, 3.05) is 13.2 Å². The SMILES string of the molecule is CCCCOC[C@@H]1C[C@@]2(SC(N)=NC2=O)C(=O)O1. The van der Waals surface area contributed by atoms with Crippen molar-refractivity contribution in [2.45, 2.75) is 37.0 Å². The summed E-state index contributed by atoms with van der Waals surface area (Å²) in [5, 5.41) is 0.129. The molecule has 18 heavy (non-hydrogen) atoms. The van der Waals surface area contributed by atoms with E-state index in [0.717, 1.165) is 24.6 Å². The van der Waals surface area contributed by atoms with E-state index >= 15 is 0 Å². The number of nitrogens with two attached hydrogens (primary N) is 1. The highest BCUT2D eigenvalue weighted by Crippen LogP contribution is 2.42. The zero-order valence-electron chi connectivity index (χ0n) is 10.2. The van der Waals surface area contributed by atoms with Crippen LogP contribution < -0.4 is 5.73 Å². The molecular formula is C11H16N2O4S. The van der Waals surface area contributed by atoms with Gasteiger partial charge in [-0.15, -0.1) is 0 Å². The molecule has 0 aliphatic carbocycles. The van der Waals surface area contributed by atoms with Crippen LogP contribution in [0.1, 0.15) is 26.2 Å². The molecule has 100 valence electrons. The maximum absolute atomic E-state index is 11.8. The molecule has 0 saturated carbocycles. The van der Waals surface area contributed by atoms with Crippen LogP contribution in [0.4, 0.5) is 0 Å². The monoisotopic (exact) mass is 272 g/mol. The van der Waals surface area contributed by atoms with Crippen molar-refractivity contribution in [1.29, 1.82) is 0 Å². The van der Waals surface area contributed by atoms with E-state index in [4.69, 9.17) is 15.2 Å². The van der Waals surface area contributed by atoms with Crippen molar-refractivity contribution in [3.8, 4) is 0 Å². The van der Waals surface area contributed by atoms with Crippen molar-refractivity contribution in [1.82, 2.24) is 0 Å². The minimum absolute atomic E-state index is 0.129. The molecule has 1 saturated heterocycles. The summed E-state index contributed by atoms with van der Waals surface area (Å²) in [5.74, 6) is -1.06. The predicted molar refractivity (Wildman–Crippen MR) is 67.2 cm³/mol. The minimum atomic E-state index is -1.25. The van der Waals surface area contributed by atoms with Crippen LogP contribution in [0.5, 0.6) is 0 Å². The topological polar surface area (TPSA) is 91.0 Å². The lowest BCUT2D eigenvalue weighted by molar-refractivity contribution is -0.146. The molecule has 0 aromatic carbocycles. The van der Waals surface area contributed by atoms with E-state index in [2.05, 4.69) is 11.9 Å². The first-order valence-corrected chi connectivity index (χ1v) is 6.76. The number of unbranched alkanes of at least 4 members (excludes halogenated alkanes) is 1. The molecular weight excluding hydrogens is 256 g/mol. The number of amidine groups is 1. The third-order valence-electron chi connectivity index (χ3n) is 2.90. The average Bonchev–Trinajstić information content (AvgIpc) is 2.77. The summed E-state index contributed by atoms with van der Waals surface area (Å²) < 4.78 is 9.32. The molecule has 2 aliphatic heterocycles. The van der Waals surface area contributed by atoms with Gasteiger partial charge >= 0.3 is 5.97 Å². The lowest BCUT2D eigenvalue weighted by Gasteiger charge is -2.12. The van der Waals surface area contributed by atoms with Gasteiger partial charge in [-0.1, -0.05) is 25.1 Å². The van der Waals surface area contributed by atoms with Gasteiger partial charge in [-0.3, -0.25) is 4.79 Å². The fourth-order valence-electron chi connectivity index (χ4n) is 1.94. The average molecular weight is 272 g/mol.